The Hall–Kier alpha value is -1.59. The minimum Gasteiger partial charge on any atom is -0.478 e. The molecule has 2 N–H and O–H groups in total. The minimum atomic E-state index is -1.19. The fraction of sp³-hybridized carbons (Fsp3) is 0.154. The van der Waals surface area contributed by atoms with Crippen LogP contribution in [-0.2, 0) is 4.79 Å². The Morgan fingerprint density at radius 3 is 2.50 bits per heavy atom. The molecule has 1 atom stereocenters. The number of aliphatic hydroxyl groups excluding tert-OH is 1. The lowest BCUT2D eigenvalue weighted by atomic mass is 10.1. The Balaban J connectivity index is 2.50. The minimum absolute atomic E-state index is 0.0590. The summed E-state index contributed by atoms with van der Waals surface area (Å²) in [5, 5.41) is 19.2. The maximum absolute atomic E-state index is 11.1. The molecule has 0 aliphatic carbocycles. The highest BCUT2D eigenvalue weighted by Crippen LogP contribution is 2.32. The predicted octanol–water partition coefficient (Wildman–Crippen LogP) is 2.46. The fourth-order valence-electron chi connectivity index (χ4n) is 1.85. The third kappa shape index (κ3) is 2.19. The van der Waals surface area contributed by atoms with Gasteiger partial charge < -0.3 is 15.1 Å². The van der Waals surface area contributed by atoms with Gasteiger partial charge in [-0.25, -0.2) is 4.79 Å². The van der Waals surface area contributed by atoms with E-state index < -0.39 is 12.2 Å². The first-order valence-electron chi connectivity index (χ1n) is 5.36. The van der Waals surface area contributed by atoms with E-state index >= 15 is 0 Å². The second kappa shape index (κ2) is 4.96. The number of anilines is 1. The highest BCUT2D eigenvalue weighted by molar-refractivity contribution is 9.11. The van der Waals surface area contributed by atoms with E-state index in [1.54, 1.807) is 4.90 Å². The zero-order valence-electron chi connectivity index (χ0n) is 9.67. The van der Waals surface area contributed by atoms with Crippen molar-refractivity contribution in [3.63, 3.8) is 0 Å². The first-order valence-corrected chi connectivity index (χ1v) is 6.15. The Labute approximate surface area is 113 Å². The van der Waals surface area contributed by atoms with Crippen LogP contribution in [0.15, 0.2) is 52.2 Å². The van der Waals surface area contributed by atoms with Crippen LogP contribution in [0.4, 0.5) is 5.69 Å². The molecule has 5 heteroatoms. The molecule has 2 rings (SSSR count). The van der Waals surface area contributed by atoms with Crippen LogP contribution in [0.3, 0.4) is 0 Å². The van der Waals surface area contributed by atoms with Crippen LogP contribution in [0.2, 0.25) is 0 Å². The highest BCUT2D eigenvalue weighted by atomic mass is 79.9. The maximum atomic E-state index is 11.1. The molecule has 1 unspecified atom stereocenters. The van der Waals surface area contributed by atoms with E-state index in [1.807, 2.05) is 37.3 Å². The Kier molecular flexibility index (Phi) is 3.54. The molecule has 0 saturated heterocycles. The number of benzene rings is 1. The normalized spacial score (nSPS) is 19.8. The summed E-state index contributed by atoms with van der Waals surface area (Å²) in [6.45, 7) is 1.81. The number of halogens is 1. The first-order chi connectivity index (χ1) is 8.52. The van der Waals surface area contributed by atoms with Gasteiger partial charge in [-0.1, -0.05) is 18.2 Å². The van der Waals surface area contributed by atoms with Crippen LogP contribution in [0.25, 0.3) is 0 Å². The molecule has 4 nitrogen and oxygen atoms in total. The number of carbonyl (C=O) groups is 1. The number of hydrogen-bond acceptors (Lipinski definition) is 3. The monoisotopic (exact) mass is 309 g/mol. The Morgan fingerprint density at radius 2 is 1.94 bits per heavy atom. The average Bonchev–Trinajstić information content (AvgIpc) is 2.35. The van der Waals surface area contributed by atoms with Gasteiger partial charge in [0.25, 0.3) is 0 Å². The van der Waals surface area contributed by atoms with Crippen LogP contribution >= 0.6 is 15.9 Å². The van der Waals surface area contributed by atoms with Crippen molar-refractivity contribution in [1.29, 1.82) is 0 Å². The smallest absolute Gasteiger partial charge is 0.336 e. The van der Waals surface area contributed by atoms with Gasteiger partial charge in [-0.2, -0.15) is 0 Å². The van der Waals surface area contributed by atoms with Gasteiger partial charge in [0.15, 0.2) is 6.23 Å². The molecule has 0 fully saturated rings. The summed E-state index contributed by atoms with van der Waals surface area (Å²) in [7, 11) is 0. The third-order valence-electron chi connectivity index (χ3n) is 2.79. The van der Waals surface area contributed by atoms with Crippen molar-refractivity contribution in [2.75, 3.05) is 4.90 Å². The topological polar surface area (TPSA) is 60.8 Å². The number of carboxylic acids is 1. The second-order valence-electron chi connectivity index (χ2n) is 3.92. The lowest BCUT2D eigenvalue weighted by Crippen LogP contribution is -2.40. The highest BCUT2D eigenvalue weighted by Gasteiger charge is 2.30. The molecular weight excluding hydrogens is 298 g/mol. The molecule has 1 aliphatic heterocycles. The molecular formula is C13H12BrNO3. The average molecular weight is 310 g/mol. The van der Waals surface area contributed by atoms with Gasteiger partial charge in [0.1, 0.15) is 0 Å². The summed E-state index contributed by atoms with van der Waals surface area (Å²) in [5.41, 5.74) is 1.45. The van der Waals surface area contributed by atoms with E-state index in [-0.39, 0.29) is 5.57 Å². The lowest BCUT2D eigenvalue weighted by molar-refractivity contribution is -0.133. The summed E-state index contributed by atoms with van der Waals surface area (Å²) in [6.07, 6.45) is 0.244. The standard InChI is InChI=1S/C13H12BrNO3/c1-8-11(14)7-10(13(17)18)12(16)15(8)9-5-3-2-4-6-9/h2-7,12,16H,1H3,(H,17,18). The molecule has 1 aromatic carbocycles. The molecule has 1 aromatic rings. The fourth-order valence-corrected chi connectivity index (χ4v) is 2.29. The largest absolute Gasteiger partial charge is 0.478 e. The molecule has 0 amide bonds. The summed E-state index contributed by atoms with van der Waals surface area (Å²) in [6, 6.07) is 9.17. The summed E-state index contributed by atoms with van der Waals surface area (Å²) < 4.78 is 0.647. The summed E-state index contributed by atoms with van der Waals surface area (Å²) >= 11 is 3.31. The van der Waals surface area contributed by atoms with Crippen LogP contribution in [0, 0.1) is 0 Å². The van der Waals surface area contributed by atoms with Gasteiger partial charge in [0.05, 0.1) is 5.57 Å². The number of nitrogens with zero attached hydrogens (tertiary/aromatic N) is 1. The van der Waals surface area contributed by atoms with Gasteiger partial charge in [-0.15, -0.1) is 0 Å². The van der Waals surface area contributed by atoms with Gasteiger partial charge in [-0.3, -0.25) is 0 Å². The predicted molar refractivity (Wildman–Crippen MR) is 72.3 cm³/mol. The molecule has 0 saturated carbocycles. The molecule has 1 heterocycles. The van der Waals surface area contributed by atoms with Crippen LogP contribution < -0.4 is 4.90 Å². The van der Waals surface area contributed by atoms with Crippen molar-refractivity contribution in [3.05, 3.63) is 52.2 Å². The molecule has 1 aliphatic rings. The van der Waals surface area contributed by atoms with Crippen molar-refractivity contribution in [3.8, 4) is 0 Å². The van der Waals surface area contributed by atoms with Crippen molar-refractivity contribution >= 4 is 27.6 Å². The number of para-hydroxylation sites is 1. The number of carboxylic acid groups (broad SMARTS) is 1. The van der Waals surface area contributed by atoms with Crippen molar-refractivity contribution in [2.45, 2.75) is 13.2 Å². The number of allylic oxidation sites excluding steroid dienone is 3. The summed E-state index contributed by atoms with van der Waals surface area (Å²) in [5.74, 6) is -1.13. The Morgan fingerprint density at radius 1 is 1.33 bits per heavy atom. The van der Waals surface area contributed by atoms with E-state index in [1.165, 1.54) is 6.08 Å². The number of hydrogen-bond donors (Lipinski definition) is 2. The zero-order valence-corrected chi connectivity index (χ0v) is 11.3. The molecule has 18 heavy (non-hydrogen) atoms. The summed E-state index contributed by atoms with van der Waals surface area (Å²) in [4.78, 5) is 12.7. The first kappa shape index (κ1) is 12.9. The van der Waals surface area contributed by atoms with E-state index in [4.69, 9.17) is 5.11 Å². The number of aliphatic hydroxyl groups is 1. The van der Waals surface area contributed by atoms with Crippen molar-refractivity contribution < 1.29 is 15.0 Å². The van der Waals surface area contributed by atoms with Gasteiger partial charge >= 0.3 is 5.97 Å². The Bertz CT molecular complexity index is 536. The molecule has 0 radical (unpaired) electrons. The van der Waals surface area contributed by atoms with Crippen LogP contribution in [-0.4, -0.2) is 22.4 Å². The van der Waals surface area contributed by atoms with Crippen LogP contribution in [0.5, 0.6) is 0 Å². The van der Waals surface area contributed by atoms with Crippen LogP contribution in [0.1, 0.15) is 6.92 Å². The maximum Gasteiger partial charge on any atom is 0.336 e. The second-order valence-corrected chi connectivity index (χ2v) is 4.77. The number of rotatable bonds is 2. The van der Waals surface area contributed by atoms with Gasteiger partial charge in [-0.05, 0) is 41.1 Å². The van der Waals surface area contributed by atoms with Gasteiger partial charge in [0, 0.05) is 15.9 Å². The van der Waals surface area contributed by atoms with Crippen molar-refractivity contribution in [1.82, 2.24) is 0 Å². The van der Waals surface area contributed by atoms with E-state index in [0.29, 0.717) is 4.48 Å². The van der Waals surface area contributed by atoms with E-state index in [0.717, 1.165) is 11.4 Å². The molecule has 94 valence electrons. The molecule has 0 bridgehead atoms. The quantitative estimate of drug-likeness (QED) is 0.881. The molecule has 0 spiro atoms. The molecule has 0 aromatic heterocycles. The van der Waals surface area contributed by atoms with E-state index in [9.17, 15) is 9.90 Å². The number of aliphatic carboxylic acids is 1. The third-order valence-corrected chi connectivity index (χ3v) is 3.60. The lowest BCUT2D eigenvalue weighted by Gasteiger charge is -2.34. The van der Waals surface area contributed by atoms with Gasteiger partial charge in [0.2, 0.25) is 0 Å². The van der Waals surface area contributed by atoms with Crippen molar-refractivity contribution in [2.24, 2.45) is 0 Å². The SMILES string of the molecule is CC1=C(Br)C=C(C(=O)O)C(O)N1c1ccccc1. The zero-order chi connectivity index (χ0) is 13.3. The van der Waals surface area contributed by atoms with E-state index in [2.05, 4.69) is 15.9 Å².